The summed E-state index contributed by atoms with van der Waals surface area (Å²) in [6.07, 6.45) is 82.7. The van der Waals surface area contributed by atoms with Crippen LogP contribution in [0.25, 0.3) is 0 Å². The van der Waals surface area contributed by atoms with Crippen molar-refractivity contribution < 1.29 is 28.6 Å². The van der Waals surface area contributed by atoms with Gasteiger partial charge in [0.25, 0.3) is 0 Å². The molecule has 6 heteroatoms. The van der Waals surface area contributed by atoms with Crippen LogP contribution >= 0.6 is 0 Å². The SMILES string of the molecule is CC/C=C\C/C=C\C/C=C\C/C=C\C/C=C\C/C=C\CCC(=O)OCC(COC(=O)CCCCCCCC/C=C\C/C=C\C/C=C\CC)OC(=O)CCCCCCC\C=C/C=C\C=C/CCCCCCC. The van der Waals surface area contributed by atoms with E-state index >= 15 is 0 Å². The molecule has 0 fully saturated rings. The summed E-state index contributed by atoms with van der Waals surface area (Å²) in [7, 11) is 0. The highest BCUT2D eigenvalue weighted by Crippen LogP contribution is 2.13. The fourth-order valence-electron chi connectivity index (χ4n) is 7.19. The molecule has 6 nitrogen and oxygen atoms in total. The molecular weight excluding hydrogens is 877 g/mol. The zero-order valence-electron chi connectivity index (χ0n) is 45.4. The number of hydrogen-bond donors (Lipinski definition) is 0. The van der Waals surface area contributed by atoms with Crippen LogP contribution in [0, 0.1) is 0 Å². The standard InChI is InChI=1S/C65H102O6/c1-4-7-10-13-16-19-22-25-28-31-33-35-37-40-43-46-49-52-55-58-64(67)70-61-62(60-69-63(66)57-54-51-48-45-42-39-36-30-27-24-21-18-15-12-9-6-3)71-65(68)59-56-53-50-47-44-41-38-34-32-29-26-23-20-17-14-11-8-5-2/h7,9-10,12,16,18-19,21,23,25-30,32-35,38,40,43,49,52,62H,4-6,8,11,13-15,17,20,22,24,31,36-37,39,41-42,44-48,50-51,53-61H2,1-3H3/b10-7-,12-9-,19-16-,21-18-,26-23-,28-25-,30-27-,32-29-,35-33-,38-34-,43-40-,52-49-. The van der Waals surface area contributed by atoms with Gasteiger partial charge in [0.2, 0.25) is 0 Å². The summed E-state index contributed by atoms with van der Waals surface area (Å²) >= 11 is 0. The van der Waals surface area contributed by atoms with E-state index < -0.39 is 6.10 Å². The molecule has 0 aromatic rings. The number of carbonyl (C=O) groups excluding carboxylic acids is 3. The average Bonchev–Trinajstić information content (AvgIpc) is 3.37. The summed E-state index contributed by atoms with van der Waals surface area (Å²) in [6, 6.07) is 0. The molecule has 71 heavy (non-hydrogen) atoms. The van der Waals surface area contributed by atoms with Crippen LogP contribution in [0.15, 0.2) is 146 Å². The Morgan fingerprint density at radius 3 is 1.06 bits per heavy atom. The third-order valence-corrected chi connectivity index (χ3v) is 11.4. The van der Waals surface area contributed by atoms with E-state index in [1.54, 1.807) is 0 Å². The number of allylic oxidation sites excluding steroid dienone is 24. The zero-order valence-corrected chi connectivity index (χ0v) is 45.4. The lowest BCUT2D eigenvalue weighted by Crippen LogP contribution is -2.30. The second-order valence-electron chi connectivity index (χ2n) is 18.1. The molecule has 0 aromatic heterocycles. The topological polar surface area (TPSA) is 78.9 Å². The molecule has 0 amide bonds. The molecule has 0 saturated carbocycles. The molecule has 0 saturated heterocycles. The van der Waals surface area contributed by atoms with Crippen LogP contribution in [0.2, 0.25) is 0 Å². The summed E-state index contributed by atoms with van der Waals surface area (Å²) in [4.78, 5) is 38.1. The minimum absolute atomic E-state index is 0.123. The second kappa shape index (κ2) is 57.9. The van der Waals surface area contributed by atoms with Crippen molar-refractivity contribution in [2.45, 2.75) is 232 Å². The van der Waals surface area contributed by atoms with E-state index in [0.29, 0.717) is 12.8 Å². The second-order valence-corrected chi connectivity index (χ2v) is 18.1. The van der Waals surface area contributed by atoms with E-state index in [9.17, 15) is 14.4 Å². The Labute approximate surface area is 436 Å². The fourth-order valence-corrected chi connectivity index (χ4v) is 7.19. The van der Waals surface area contributed by atoms with Gasteiger partial charge in [0, 0.05) is 19.3 Å². The van der Waals surface area contributed by atoms with Gasteiger partial charge in [0.1, 0.15) is 13.2 Å². The molecular formula is C65H102O6. The largest absolute Gasteiger partial charge is 0.462 e. The van der Waals surface area contributed by atoms with Crippen molar-refractivity contribution in [1.82, 2.24) is 0 Å². The summed E-state index contributed by atoms with van der Waals surface area (Å²) in [5.41, 5.74) is 0. The van der Waals surface area contributed by atoms with Crippen LogP contribution in [0.4, 0.5) is 0 Å². The Hall–Kier alpha value is -4.71. The first-order chi connectivity index (χ1) is 35.0. The van der Waals surface area contributed by atoms with Crippen LogP contribution in [0.5, 0.6) is 0 Å². The number of carbonyl (C=O) groups is 3. The van der Waals surface area contributed by atoms with Crippen molar-refractivity contribution in [3.8, 4) is 0 Å². The number of rotatable bonds is 49. The van der Waals surface area contributed by atoms with Gasteiger partial charge in [-0.3, -0.25) is 14.4 Å². The lowest BCUT2D eigenvalue weighted by atomic mass is 10.1. The summed E-state index contributed by atoms with van der Waals surface area (Å²) in [6.45, 7) is 6.29. The molecule has 0 aromatic carbocycles. The molecule has 0 aliphatic rings. The maximum Gasteiger partial charge on any atom is 0.306 e. The van der Waals surface area contributed by atoms with Gasteiger partial charge in [0.05, 0.1) is 0 Å². The molecule has 0 spiro atoms. The Balaban J connectivity index is 4.60. The molecule has 0 N–H and O–H groups in total. The van der Waals surface area contributed by atoms with Crippen molar-refractivity contribution in [1.29, 1.82) is 0 Å². The van der Waals surface area contributed by atoms with E-state index in [4.69, 9.17) is 14.2 Å². The van der Waals surface area contributed by atoms with Crippen LogP contribution in [-0.4, -0.2) is 37.2 Å². The summed E-state index contributed by atoms with van der Waals surface area (Å²) in [5.74, 6) is -1.05. The highest BCUT2D eigenvalue weighted by atomic mass is 16.6. The van der Waals surface area contributed by atoms with Gasteiger partial charge in [-0.05, 0) is 116 Å². The smallest absolute Gasteiger partial charge is 0.306 e. The van der Waals surface area contributed by atoms with Crippen molar-refractivity contribution in [2.24, 2.45) is 0 Å². The average molecular weight is 980 g/mol. The molecule has 398 valence electrons. The molecule has 0 heterocycles. The molecule has 0 radical (unpaired) electrons. The van der Waals surface area contributed by atoms with Crippen LogP contribution in [0.1, 0.15) is 226 Å². The predicted molar refractivity (Wildman–Crippen MR) is 306 cm³/mol. The molecule has 1 atom stereocenters. The van der Waals surface area contributed by atoms with Gasteiger partial charge < -0.3 is 14.2 Å². The molecule has 1 unspecified atom stereocenters. The van der Waals surface area contributed by atoms with Gasteiger partial charge >= 0.3 is 17.9 Å². The number of hydrogen-bond acceptors (Lipinski definition) is 6. The van der Waals surface area contributed by atoms with Crippen LogP contribution < -0.4 is 0 Å². The fraction of sp³-hybridized carbons (Fsp3) is 0.585. The Morgan fingerprint density at radius 1 is 0.310 bits per heavy atom. The Morgan fingerprint density at radius 2 is 0.634 bits per heavy atom. The molecule has 0 rings (SSSR count). The van der Waals surface area contributed by atoms with Gasteiger partial charge in [-0.25, -0.2) is 0 Å². The van der Waals surface area contributed by atoms with Gasteiger partial charge in [-0.2, -0.15) is 0 Å². The highest BCUT2D eigenvalue weighted by Gasteiger charge is 2.19. The van der Waals surface area contributed by atoms with E-state index in [2.05, 4.69) is 154 Å². The maximum absolute atomic E-state index is 12.9. The minimum atomic E-state index is -0.832. The minimum Gasteiger partial charge on any atom is -0.462 e. The first-order valence-corrected chi connectivity index (χ1v) is 28.4. The predicted octanol–water partition coefficient (Wildman–Crippen LogP) is 19.2. The molecule has 0 bridgehead atoms. The summed E-state index contributed by atoms with van der Waals surface area (Å²) in [5, 5.41) is 0. The van der Waals surface area contributed by atoms with E-state index in [0.717, 1.165) is 135 Å². The van der Waals surface area contributed by atoms with E-state index in [1.165, 1.54) is 44.9 Å². The van der Waals surface area contributed by atoms with Gasteiger partial charge in [-0.15, -0.1) is 0 Å². The van der Waals surface area contributed by atoms with Crippen molar-refractivity contribution in [2.75, 3.05) is 13.2 Å². The number of ether oxygens (including phenoxy) is 3. The first-order valence-electron chi connectivity index (χ1n) is 28.4. The molecule has 0 aliphatic carbocycles. The maximum atomic E-state index is 12.9. The van der Waals surface area contributed by atoms with Crippen molar-refractivity contribution in [3.05, 3.63) is 146 Å². The highest BCUT2D eigenvalue weighted by molar-refractivity contribution is 5.71. The monoisotopic (exact) mass is 979 g/mol. The molecule has 0 aliphatic heterocycles. The third-order valence-electron chi connectivity index (χ3n) is 11.4. The lowest BCUT2D eigenvalue weighted by molar-refractivity contribution is -0.166. The number of esters is 3. The Kier molecular flexibility index (Phi) is 54.0. The zero-order chi connectivity index (χ0) is 51.4. The van der Waals surface area contributed by atoms with Crippen LogP contribution in [0.3, 0.4) is 0 Å². The lowest BCUT2D eigenvalue weighted by Gasteiger charge is -2.18. The first kappa shape index (κ1) is 66.3. The summed E-state index contributed by atoms with van der Waals surface area (Å²) < 4.78 is 16.8. The quantitative estimate of drug-likeness (QED) is 0.0199. The van der Waals surface area contributed by atoms with E-state index in [-0.39, 0.29) is 44.0 Å². The normalized spacial score (nSPS) is 13.2. The van der Waals surface area contributed by atoms with Crippen molar-refractivity contribution in [3.63, 3.8) is 0 Å². The van der Waals surface area contributed by atoms with Gasteiger partial charge in [-0.1, -0.05) is 237 Å². The Bertz CT molecular complexity index is 1590. The van der Waals surface area contributed by atoms with E-state index in [1.807, 2.05) is 12.2 Å². The third kappa shape index (κ3) is 56.1. The van der Waals surface area contributed by atoms with Gasteiger partial charge in [0.15, 0.2) is 6.10 Å². The van der Waals surface area contributed by atoms with Crippen molar-refractivity contribution >= 4 is 17.9 Å². The van der Waals surface area contributed by atoms with Crippen LogP contribution in [-0.2, 0) is 28.6 Å². The number of unbranched alkanes of at least 4 members (excludes halogenated alkanes) is 16.